The maximum Gasteiger partial charge on any atom is 0.122 e. The zero-order chi connectivity index (χ0) is 12.8. The Morgan fingerprint density at radius 1 is 1.35 bits per heavy atom. The average molecular weight is 258 g/mol. The summed E-state index contributed by atoms with van der Waals surface area (Å²) >= 11 is 6.11. The molecule has 0 radical (unpaired) electrons. The second kappa shape index (κ2) is 6.84. The molecule has 0 spiro atoms. The first-order chi connectivity index (χ1) is 8.08. The van der Waals surface area contributed by atoms with Gasteiger partial charge in [-0.15, -0.1) is 0 Å². The number of aliphatic hydroxyl groups is 1. The fourth-order valence-electron chi connectivity index (χ4n) is 1.68. The van der Waals surface area contributed by atoms with Crippen LogP contribution in [0.2, 0.25) is 5.02 Å². The fourth-order valence-corrected chi connectivity index (χ4v) is 1.86. The topological polar surface area (TPSA) is 32.7 Å². The molecule has 0 amide bonds. The summed E-state index contributed by atoms with van der Waals surface area (Å²) in [4.78, 5) is 2.08. The van der Waals surface area contributed by atoms with E-state index in [9.17, 15) is 0 Å². The quantitative estimate of drug-likeness (QED) is 0.848. The summed E-state index contributed by atoms with van der Waals surface area (Å²) in [5.41, 5.74) is 2.13. The standard InChI is InChI=1S/C13H20ClNO2/c1-10-8-13(17-3)11(9-12(10)14)4-5-15(2)6-7-16/h8-9,16H,4-7H2,1-3H3. The van der Waals surface area contributed by atoms with Crippen molar-refractivity contribution < 1.29 is 9.84 Å². The average Bonchev–Trinajstić information content (AvgIpc) is 2.30. The monoisotopic (exact) mass is 257 g/mol. The van der Waals surface area contributed by atoms with Crippen LogP contribution in [0.3, 0.4) is 0 Å². The van der Waals surface area contributed by atoms with Crippen molar-refractivity contribution in [2.75, 3.05) is 33.9 Å². The van der Waals surface area contributed by atoms with Gasteiger partial charge in [0.1, 0.15) is 5.75 Å². The first-order valence-corrected chi connectivity index (χ1v) is 6.08. The van der Waals surface area contributed by atoms with Crippen LogP contribution in [0.25, 0.3) is 0 Å². The molecule has 0 aromatic heterocycles. The minimum atomic E-state index is 0.183. The van der Waals surface area contributed by atoms with Crippen LogP contribution in [0.5, 0.6) is 5.75 Å². The maximum atomic E-state index is 8.83. The molecule has 1 aromatic carbocycles. The Morgan fingerprint density at radius 2 is 2.06 bits per heavy atom. The van der Waals surface area contributed by atoms with Crippen LogP contribution >= 0.6 is 11.6 Å². The summed E-state index contributed by atoms with van der Waals surface area (Å²) in [6.45, 7) is 3.70. The molecule has 0 saturated carbocycles. The van der Waals surface area contributed by atoms with Gasteiger partial charge in [-0.3, -0.25) is 0 Å². The van der Waals surface area contributed by atoms with Crippen molar-refractivity contribution in [1.82, 2.24) is 4.90 Å². The molecule has 3 nitrogen and oxygen atoms in total. The highest BCUT2D eigenvalue weighted by Crippen LogP contribution is 2.26. The van der Waals surface area contributed by atoms with Gasteiger partial charge in [-0.2, -0.15) is 0 Å². The zero-order valence-corrected chi connectivity index (χ0v) is 11.4. The molecule has 0 fully saturated rings. The Bertz CT molecular complexity index is 369. The van der Waals surface area contributed by atoms with Crippen molar-refractivity contribution >= 4 is 11.6 Å². The van der Waals surface area contributed by atoms with Crippen molar-refractivity contribution in [3.8, 4) is 5.75 Å². The number of ether oxygens (including phenoxy) is 1. The summed E-state index contributed by atoms with van der Waals surface area (Å²) in [6, 6.07) is 3.92. The van der Waals surface area contributed by atoms with Crippen LogP contribution in [0, 0.1) is 6.92 Å². The van der Waals surface area contributed by atoms with E-state index in [1.165, 1.54) is 0 Å². The number of likely N-dealkylation sites (N-methyl/N-ethyl adjacent to an activating group) is 1. The number of halogens is 1. The lowest BCUT2D eigenvalue weighted by atomic mass is 10.1. The third-order valence-corrected chi connectivity index (χ3v) is 3.21. The van der Waals surface area contributed by atoms with Gasteiger partial charge >= 0.3 is 0 Å². The second-order valence-electron chi connectivity index (χ2n) is 4.19. The smallest absolute Gasteiger partial charge is 0.122 e. The minimum Gasteiger partial charge on any atom is -0.496 e. The van der Waals surface area contributed by atoms with Crippen molar-refractivity contribution in [1.29, 1.82) is 0 Å². The first-order valence-electron chi connectivity index (χ1n) is 5.71. The summed E-state index contributed by atoms with van der Waals surface area (Å²) in [5.74, 6) is 0.879. The van der Waals surface area contributed by atoms with Gasteiger partial charge in [0.05, 0.1) is 13.7 Å². The van der Waals surface area contributed by atoms with Gasteiger partial charge in [0.25, 0.3) is 0 Å². The van der Waals surface area contributed by atoms with Crippen LogP contribution in [-0.2, 0) is 6.42 Å². The normalized spacial score (nSPS) is 10.9. The third kappa shape index (κ3) is 4.19. The molecule has 0 atom stereocenters. The number of rotatable bonds is 6. The molecule has 1 aromatic rings. The highest BCUT2D eigenvalue weighted by Gasteiger charge is 2.08. The summed E-state index contributed by atoms with van der Waals surface area (Å²) < 4.78 is 5.35. The SMILES string of the molecule is COc1cc(C)c(Cl)cc1CCN(C)CCO. The molecule has 4 heteroatoms. The first kappa shape index (κ1) is 14.3. The van der Waals surface area contributed by atoms with Gasteiger partial charge in [-0.25, -0.2) is 0 Å². The van der Waals surface area contributed by atoms with E-state index < -0.39 is 0 Å². The van der Waals surface area contributed by atoms with E-state index in [1.54, 1.807) is 7.11 Å². The number of nitrogens with zero attached hydrogens (tertiary/aromatic N) is 1. The van der Waals surface area contributed by atoms with Gasteiger partial charge in [-0.1, -0.05) is 11.6 Å². The molecule has 1 rings (SSSR count). The van der Waals surface area contributed by atoms with Crippen LogP contribution in [0.4, 0.5) is 0 Å². The number of aryl methyl sites for hydroxylation is 1. The molecular weight excluding hydrogens is 238 g/mol. The number of aliphatic hydroxyl groups excluding tert-OH is 1. The zero-order valence-electron chi connectivity index (χ0n) is 10.7. The lowest BCUT2D eigenvalue weighted by Crippen LogP contribution is -2.24. The van der Waals surface area contributed by atoms with Crippen molar-refractivity contribution in [3.05, 3.63) is 28.3 Å². The molecule has 0 aliphatic carbocycles. The number of methoxy groups -OCH3 is 1. The fraction of sp³-hybridized carbons (Fsp3) is 0.538. The van der Waals surface area contributed by atoms with E-state index >= 15 is 0 Å². The molecule has 0 heterocycles. The van der Waals surface area contributed by atoms with Gasteiger partial charge < -0.3 is 14.7 Å². The van der Waals surface area contributed by atoms with E-state index in [0.717, 1.165) is 34.9 Å². The summed E-state index contributed by atoms with van der Waals surface area (Å²) in [5, 5.41) is 9.60. The van der Waals surface area contributed by atoms with Gasteiger partial charge in [0.15, 0.2) is 0 Å². The van der Waals surface area contributed by atoms with Crippen molar-refractivity contribution in [2.45, 2.75) is 13.3 Å². The summed E-state index contributed by atoms with van der Waals surface area (Å²) in [6.07, 6.45) is 0.861. The van der Waals surface area contributed by atoms with Crippen LogP contribution in [0.1, 0.15) is 11.1 Å². The lowest BCUT2D eigenvalue weighted by molar-refractivity contribution is 0.222. The number of hydrogen-bond acceptors (Lipinski definition) is 3. The van der Waals surface area contributed by atoms with E-state index in [1.807, 2.05) is 26.1 Å². The molecule has 0 aliphatic rings. The van der Waals surface area contributed by atoms with Gasteiger partial charge in [0.2, 0.25) is 0 Å². The molecule has 17 heavy (non-hydrogen) atoms. The Labute approximate surface area is 108 Å². The Balaban J connectivity index is 2.72. The molecule has 0 aliphatic heterocycles. The van der Waals surface area contributed by atoms with Crippen LogP contribution < -0.4 is 4.74 Å². The van der Waals surface area contributed by atoms with Crippen LogP contribution in [-0.4, -0.2) is 43.9 Å². The van der Waals surface area contributed by atoms with E-state index in [4.69, 9.17) is 21.4 Å². The third-order valence-electron chi connectivity index (χ3n) is 2.81. The highest BCUT2D eigenvalue weighted by molar-refractivity contribution is 6.31. The van der Waals surface area contributed by atoms with Gasteiger partial charge in [0, 0.05) is 18.1 Å². The Hall–Kier alpha value is -0.770. The minimum absolute atomic E-state index is 0.183. The highest BCUT2D eigenvalue weighted by atomic mass is 35.5. The van der Waals surface area contributed by atoms with Crippen molar-refractivity contribution in [2.24, 2.45) is 0 Å². The van der Waals surface area contributed by atoms with Gasteiger partial charge in [-0.05, 0) is 43.7 Å². The molecule has 0 bridgehead atoms. The predicted octanol–water partition coefficient (Wildman–Crippen LogP) is 2.12. The maximum absolute atomic E-state index is 8.83. The lowest BCUT2D eigenvalue weighted by Gasteiger charge is -2.16. The Kier molecular flexibility index (Phi) is 5.75. The molecule has 0 saturated heterocycles. The Morgan fingerprint density at radius 3 is 2.65 bits per heavy atom. The van der Waals surface area contributed by atoms with E-state index in [-0.39, 0.29) is 6.61 Å². The molecule has 1 N–H and O–H groups in total. The van der Waals surface area contributed by atoms with Crippen LogP contribution in [0.15, 0.2) is 12.1 Å². The largest absolute Gasteiger partial charge is 0.496 e. The van der Waals surface area contributed by atoms with E-state index in [2.05, 4.69) is 4.90 Å². The predicted molar refractivity (Wildman–Crippen MR) is 71.0 cm³/mol. The summed E-state index contributed by atoms with van der Waals surface area (Å²) in [7, 11) is 3.65. The number of hydrogen-bond donors (Lipinski definition) is 1. The van der Waals surface area contributed by atoms with Crippen molar-refractivity contribution in [3.63, 3.8) is 0 Å². The molecular formula is C13H20ClNO2. The van der Waals surface area contributed by atoms with E-state index in [0.29, 0.717) is 6.54 Å². The molecule has 0 unspecified atom stereocenters. The number of benzene rings is 1. The molecule has 96 valence electrons. The second-order valence-corrected chi connectivity index (χ2v) is 4.60.